The molecule has 0 fully saturated rings. The first kappa shape index (κ1) is 14.7. The predicted molar refractivity (Wildman–Crippen MR) is 71.6 cm³/mol. The molecule has 0 bridgehead atoms. The number of benzene rings is 1. The van der Waals surface area contributed by atoms with Gasteiger partial charge in [0.2, 0.25) is 11.7 Å². The summed E-state index contributed by atoms with van der Waals surface area (Å²) in [5.41, 5.74) is 0.708. The van der Waals surface area contributed by atoms with Crippen molar-refractivity contribution in [2.24, 2.45) is 0 Å². The Morgan fingerprint density at radius 2 is 2.15 bits per heavy atom. The summed E-state index contributed by atoms with van der Waals surface area (Å²) < 4.78 is 28.8. The molecular weight excluding hydrogens is 333 g/mol. The van der Waals surface area contributed by atoms with Gasteiger partial charge < -0.3 is 13.9 Å². The molecule has 0 spiro atoms. The molecule has 2 aromatic rings. The van der Waals surface area contributed by atoms with E-state index >= 15 is 0 Å². The monoisotopic (exact) mass is 343 g/mol. The number of aromatic nitrogens is 1. The number of nitrogens with zero attached hydrogens (tertiary/aromatic N) is 1. The van der Waals surface area contributed by atoms with Crippen LogP contribution in [0.4, 0.5) is 4.39 Å². The van der Waals surface area contributed by atoms with Gasteiger partial charge in [0.15, 0.2) is 0 Å². The quantitative estimate of drug-likeness (QED) is 0.798. The number of carbonyl (C=O) groups is 1. The highest BCUT2D eigenvalue weighted by Crippen LogP contribution is 2.26. The Hall–Kier alpha value is -1.73. The van der Waals surface area contributed by atoms with Gasteiger partial charge in [0, 0.05) is 17.1 Å². The number of esters is 1. The highest BCUT2D eigenvalue weighted by atomic mass is 79.9. The first-order valence-corrected chi connectivity index (χ1v) is 6.38. The maximum Gasteiger partial charge on any atom is 0.376 e. The van der Waals surface area contributed by atoms with Crippen LogP contribution in [0.2, 0.25) is 0 Å². The van der Waals surface area contributed by atoms with Crippen LogP contribution in [0.3, 0.4) is 0 Å². The Bertz CT molecular complexity index is 621. The molecule has 0 aliphatic rings. The summed E-state index contributed by atoms with van der Waals surface area (Å²) in [6.45, 7) is 0.0877. The van der Waals surface area contributed by atoms with Gasteiger partial charge in [-0.1, -0.05) is 15.9 Å². The largest absolute Gasteiger partial charge is 0.463 e. The summed E-state index contributed by atoms with van der Waals surface area (Å²) in [6, 6.07) is 4.20. The fourth-order valence-electron chi connectivity index (χ4n) is 1.64. The van der Waals surface area contributed by atoms with Crippen LogP contribution in [0, 0.1) is 5.82 Å². The van der Waals surface area contributed by atoms with Crippen LogP contribution in [0.1, 0.15) is 16.2 Å². The van der Waals surface area contributed by atoms with Gasteiger partial charge in [-0.05, 0) is 18.2 Å². The Kier molecular flexibility index (Phi) is 4.51. The standard InChI is InChI=1S/C13H11BrFNO4/c1-18-6-10-11(13(17)19-2)20-12(16-10)7-3-8(14)5-9(15)4-7/h3-5H,6H2,1-2H3. The molecule has 5 nitrogen and oxygen atoms in total. The number of rotatable bonds is 4. The molecule has 0 saturated heterocycles. The zero-order chi connectivity index (χ0) is 14.7. The van der Waals surface area contributed by atoms with Crippen LogP contribution in [-0.4, -0.2) is 25.2 Å². The van der Waals surface area contributed by atoms with E-state index in [-0.39, 0.29) is 18.3 Å². The summed E-state index contributed by atoms with van der Waals surface area (Å²) in [6.07, 6.45) is 0. The Morgan fingerprint density at radius 3 is 2.75 bits per heavy atom. The number of hydrogen-bond donors (Lipinski definition) is 0. The topological polar surface area (TPSA) is 61.6 Å². The van der Waals surface area contributed by atoms with Gasteiger partial charge in [-0.2, -0.15) is 0 Å². The van der Waals surface area contributed by atoms with Crippen LogP contribution in [-0.2, 0) is 16.1 Å². The molecule has 20 heavy (non-hydrogen) atoms. The minimum absolute atomic E-state index is 0.0512. The van der Waals surface area contributed by atoms with Gasteiger partial charge in [-0.3, -0.25) is 0 Å². The van der Waals surface area contributed by atoms with Gasteiger partial charge in [-0.15, -0.1) is 0 Å². The molecule has 0 radical (unpaired) electrons. The molecule has 0 N–H and O–H groups in total. The normalized spacial score (nSPS) is 10.6. The van der Waals surface area contributed by atoms with Crippen molar-refractivity contribution in [3.8, 4) is 11.5 Å². The second-order valence-corrected chi connectivity index (χ2v) is 4.79. The van der Waals surface area contributed by atoms with Gasteiger partial charge in [0.1, 0.15) is 11.5 Å². The summed E-state index contributed by atoms with van der Waals surface area (Å²) >= 11 is 3.18. The van der Waals surface area contributed by atoms with Crippen LogP contribution in [0.15, 0.2) is 27.1 Å². The number of carbonyl (C=O) groups excluding carboxylic acids is 1. The second-order valence-electron chi connectivity index (χ2n) is 3.88. The third kappa shape index (κ3) is 3.05. The maximum atomic E-state index is 13.4. The van der Waals surface area contributed by atoms with Crippen LogP contribution >= 0.6 is 15.9 Å². The average molecular weight is 344 g/mol. The van der Waals surface area contributed by atoms with Crippen molar-refractivity contribution in [1.29, 1.82) is 0 Å². The summed E-state index contributed by atoms with van der Waals surface area (Å²) in [4.78, 5) is 15.7. The smallest absolute Gasteiger partial charge is 0.376 e. The summed E-state index contributed by atoms with van der Waals surface area (Å²) in [5, 5.41) is 0. The van der Waals surface area contributed by atoms with E-state index in [4.69, 9.17) is 9.15 Å². The van der Waals surface area contributed by atoms with E-state index in [9.17, 15) is 9.18 Å². The van der Waals surface area contributed by atoms with Gasteiger partial charge >= 0.3 is 5.97 Å². The zero-order valence-corrected chi connectivity index (χ0v) is 12.4. The molecule has 0 unspecified atom stereocenters. The molecule has 7 heteroatoms. The SMILES string of the molecule is COCc1nc(-c2cc(F)cc(Br)c2)oc1C(=O)OC. The van der Waals surface area contributed by atoms with Crippen molar-refractivity contribution in [3.05, 3.63) is 39.9 Å². The lowest BCUT2D eigenvalue weighted by atomic mass is 10.2. The third-order valence-corrected chi connectivity index (χ3v) is 2.92. The van der Waals surface area contributed by atoms with Crippen molar-refractivity contribution >= 4 is 21.9 Å². The molecule has 106 valence electrons. The fraction of sp³-hybridized carbons (Fsp3) is 0.231. The molecule has 0 amide bonds. The Balaban J connectivity index is 2.49. The molecule has 1 aromatic heterocycles. The van der Waals surface area contributed by atoms with Crippen molar-refractivity contribution in [2.45, 2.75) is 6.61 Å². The second kappa shape index (κ2) is 6.15. The Labute approximate surface area is 122 Å². The van der Waals surface area contributed by atoms with Crippen LogP contribution in [0.5, 0.6) is 0 Å². The fourth-order valence-corrected chi connectivity index (χ4v) is 2.10. The molecule has 1 heterocycles. The molecule has 1 aromatic carbocycles. The Morgan fingerprint density at radius 1 is 1.40 bits per heavy atom. The van der Waals surface area contributed by atoms with Crippen molar-refractivity contribution in [1.82, 2.24) is 4.98 Å². The molecule has 0 atom stereocenters. The van der Waals surface area contributed by atoms with E-state index < -0.39 is 11.8 Å². The van der Waals surface area contributed by atoms with Gasteiger partial charge in [-0.25, -0.2) is 14.2 Å². The first-order valence-electron chi connectivity index (χ1n) is 5.58. The highest BCUT2D eigenvalue weighted by molar-refractivity contribution is 9.10. The van der Waals surface area contributed by atoms with Crippen molar-refractivity contribution in [3.63, 3.8) is 0 Å². The van der Waals surface area contributed by atoms with E-state index in [1.54, 1.807) is 6.07 Å². The van der Waals surface area contributed by atoms with Crippen LogP contribution < -0.4 is 0 Å². The van der Waals surface area contributed by atoms with E-state index in [2.05, 4.69) is 25.7 Å². The third-order valence-electron chi connectivity index (χ3n) is 2.46. The number of oxazole rings is 1. The lowest BCUT2D eigenvalue weighted by Gasteiger charge is -1.97. The number of hydrogen-bond acceptors (Lipinski definition) is 5. The van der Waals surface area contributed by atoms with E-state index in [0.29, 0.717) is 15.7 Å². The van der Waals surface area contributed by atoms with E-state index in [1.165, 1.54) is 26.4 Å². The summed E-state index contributed by atoms with van der Waals surface area (Å²) in [7, 11) is 2.70. The molecule has 0 saturated carbocycles. The first-order chi connectivity index (χ1) is 9.55. The predicted octanol–water partition coefficient (Wildman–Crippen LogP) is 3.18. The lowest BCUT2D eigenvalue weighted by molar-refractivity contribution is 0.0559. The maximum absolute atomic E-state index is 13.4. The highest BCUT2D eigenvalue weighted by Gasteiger charge is 2.22. The molecule has 2 rings (SSSR count). The van der Waals surface area contributed by atoms with Gasteiger partial charge in [0.25, 0.3) is 0 Å². The van der Waals surface area contributed by atoms with Crippen molar-refractivity contribution < 1.29 is 23.1 Å². The van der Waals surface area contributed by atoms with E-state index in [0.717, 1.165) is 0 Å². The van der Waals surface area contributed by atoms with Gasteiger partial charge in [0.05, 0.1) is 13.7 Å². The number of halogens is 2. The van der Waals surface area contributed by atoms with E-state index in [1.807, 2.05) is 0 Å². The average Bonchev–Trinajstić information content (AvgIpc) is 2.81. The lowest BCUT2D eigenvalue weighted by Crippen LogP contribution is -2.04. The van der Waals surface area contributed by atoms with Crippen LogP contribution in [0.25, 0.3) is 11.5 Å². The zero-order valence-electron chi connectivity index (χ0n) is 10.8. The van der Waals surface area contributed by atoms with Crippen molar-refractivity contribution in [2.75, 3.05) is 14.2 Å². The minimum atomic E-state index is -0.661. The minimum Gasteiger partial charge on any atom is -0.463 e. The molecular formula is C13H11BrFNO4. The molecule has 0 aliphatic heterocycles. The molecule has 0 aliphatic carbocycles. The summed E-state index contributed by atoms with van der Waals surface area (Å²) in [5.74, 6) is -1.03. The number of ether oxygens (including phenoxy) is 2. The number of methoxy groups -OCH3 is 2.